The Morgan fingerprint density at radius 1 is 0.545 bits per heavy atom. The molecular formula is C49H34N4OS. The van der Waals surface area contributed by atoms with Crippen molar-refractivity contribution in [3.05, 3.63) is 194 Å². The predicted molar refractivity (Wildman–Crippen MR) is 231 cm³/mol. The van der Waals surface area contributed by atoms with Crippen molar-refractivity contribution in [2.75, 3.05) is 10.6 Å². The second kappa shape index (κ2) is 14.0. The van der Waals surface area contributed by atoms with Crippen molar-refractivity contribution in [2.24, 2.45) is 0 Å². The fraction of sp³-hybridized carbons (Fsp3) is 0. The first kappa shape index (κ1) is 23.5. The number of hydrogen-bond acceptors (Lipinski definition) is 5. The van der Waals surface area contributed by atoms with E-state index in [0.29, 0.717) is 28.6 Å². The van der Waals surface area contributed by atoms with Gasteiger partial charge in [-0.2, -0.15) is 0 Å². The van der Waals surface area contributed by atoms with Gasteiger partial charge in [-0.05, 0) is 65.7 Å². The van der Waals surface area contributed by atoms with Crippen LogP contribution in [-0.2, 0) is 0 Å². The molecule has 55 heavy (non-hydrogen) atoms. The Balaban J connectivity index is 1.03. The molecule has 0 aliphatic rings. The number of fused-ring (bicyclic) bond motifs is 4. The summed E-state index contributed by atoms with van der Waals surface area (Å²) in [6, 6.07) is 36.5. The summed E-state index contributed by atoms with van der Waals surface area (Å²) in [7, 11) is 0. The van der Waals surface area contributed by atoms with Crippen LogP contribution in [0.1, 0.15) is 13.7 Å². The van der Waals surface area contributed by atoms with Crippen LogP contribution in [0.4, 0.5) is 22.7 Å². The quantitative estimate of drug-likeness (QED) is 0.155. The third kappa shape index (κ3) is 6.24. The van der Waals surface area contributed by atoms with Crippen molar-refractivity contribution in [1.82, 2.24) is 9.55 Å². The van der Waals surface area contributed by atoms with Crippen LogP contribution in [0.15, 0.2) is 194 Å². The molecule has 0 saturated heterocycles. The number of aromatic nitrogens is 2. The zero-order valence-electron chi connectivity index (χ0n) is 38.9. The number of para-hydroxylation sites is 5. The first-order valence-corrected chi connectivity index (χ1v) is 18.3. The van der Waals surface area contributed by atoms with Gasteiger partial charge < -0.3 is 15.4 Å². The van der Waals surface area contributed by atoms with Gasteiger partial charge in [-0.15, -0.1) is 0 Å². The molecule has 0 atom stereocenters. The fourth-order valence-corrected chi connectivity index (χ4v) is 7.81. The third-order valence-electron chi connectivity index (χ3n) is 9.26. The minimum Gasteiger partial charge on any atom is -0.457 e. The van der Waals surface area contributed by atoms with E-state index in [-0.39, 0.29) is 27.9 Å². The molecule has 0 aliphatic carbocycles. The van der Waals surface area contributed by atoms with Crippen molar-refractivity contribution in [3.8, 4) is 38.9 Å². The molecule has 2 aromatic heterocycles. The summed E-state index contributed by atoms with van der Waals surface area (Å²) in [5, 5.41) is 9.85. The van der Waals surface area contributed by atoms with E-state index in [4.69, 9.17) is 23.4 Å². The molecule has 2 N–H and O–H groups in total. The molecule has 262 valence electrons. The van der Waals surface area contributed by atoms with Crippen molar-refractivity contribution in [3.63, 3.8) is 0 Å². The highest BCUT2D eigenvalue weighted by Crippen LogP contribution is 2.41. The number of ether oxygens (including phenoxy) is 1. The van der Waals surface area contributed by atoms with Crippen molar-refractivity contribution < 1.29 is 18.4 Å². The Morgan fingerprint density at radius 3 is 1.95 bits per heavy atom. The molecule has 0 amide bonds. The molecule has 10 rings (SSSR count). The van der Waals surface area contributed by atoms with Gasteiger partial charge >= 0.3 is 0 Å². The Labute approximate surface area is 336 Å². The van der Waals surface area contributed by atoms with Crippen molar-refractivity contribution in [1.29, 1.82) is 0 Å². The van der Waals surface area contributed by atoms with Crippen LogP contribution in [0.2, 0.25) is 0 Å². The topological polar surface area (TPSA) is 51.1 Å². The SMILES string of the molecule is [2H]c1c([2H])c([2H])c(-c2cccc(-c3c([2H])c([2H])c([2H])c([2H])c3[2H])c2Nc2ccccc2Nc2cccc(Oc3ccc4c5ccccc5n(-c5nc6ccccc6s5)c4c3)c2)c([2H])c1[2H]. The van der Waals surface area contributed by atoms with Crippen LogP contribution in [0, 0.1) is 0 Å². The lowest BCUT2D eigenvalue weighted by molar-refractivity contribution is 0.483. The van der Waals surface area contributed by atoms with Gasteiger partial charge in [0.25, 0.3) is 0 Å². The summed E-state index contributed by atoms with van der Waals surface area (Å²) in [6.45, 7) is 0. The van der Waals surface area contributed by atoms with Gasteiger partial charge in [0.2, 0.25) is 0 Å². The molecule has 0 saturated carbocycles. The molecule has 8 aromatic carbocycles. The minimum atomic E-state index is -0.561. The number of hydrogen-bond donors (Lipinski definition) is 2. The average molecular weight is 737 g/mol. The van der Waals surface area contributed by atoms with Crippen LogP contribution in [0.25, 0.3) is 59.4 Å². The maximum atomic E-state index is 8.85. The molecule has 0 radical (unpaired) electrons. The lowest BCUT2D eigenvalue weighted by Gasteiger charge is -2.20. The number of thiazole rings is 1. The Hall–Kier alpha value is -7.15. The van der Waals surface area contributed by atoms with Crippen LogP contribution < -0.4 is 15.4 Å². The van der Waals surface area contributed by atoms with E-state index in [1.807, 2.05) is 78.9 Å². The highest BCUT2D eigenvalue weighted by atomic mass is 32.1. The van der Waals surface area contributed by atoms with Gasteiger partial charge in [0, 0.05) is 39.7 Å². The van der Waals surface area contributed by atoms with Gasteiger partial charge in [-0.3, -0.25) is 4.57 Å². The molecule has 0 fully saturated rings. The highest BCUT2D eigenvalue weighted by molar-refractivity contribution is 7.20. The van der Waals surface area contributed by atoms with E-state index in [1.54, 1.807) is 41.7 Å². The molecular weight excluding hydrogens is 693 g/mol. The Morgan fingerprint density at radius 2 is 1.18 bits per heavy atom. The predicted octanol–water partition coefficient (Wildman–Crippen LogP) is 14.0. The number of anilines is 4. The fourth-order valence-electron chi connectivity index (χ4n) is 6.81. The largest absolute Gasteiger partial charge is 0.457 e. The second-order valence-corrected chi connectivity index (χ2v) is 13.7. The van der Waals surface area contributed by atoms with Gasteiger partial charge in [0.15, 0.2) is 5.13 Å². The highest BCUT2D eigenvalue weighted by Gasteiger charge is 2.17. The number of rotatable bonds is 9. The first-order valence-electron chi connectivity index (χ1n) is 22.5. The molecule has 6 heteroatoms. The monoisotopic (exact) mass is 736 g/mol. The zero-order chi connectivity index (χ0) is 45.3. The molecule has 5 nitrogen and oxygen atoms in total. The second-order valence-electron chi connectivity index (χ2n) is 12.6. The Bertz CT molecular complexity index is 3390. The van der Waals surface area contributed by atoms with Gasteiger partial charge in [0.05, 0.1) is 52.0 Å². The first-order chi connectivity index (χ1) is 31.4. The van der Waals surface area contributed by atoms with Gasteiger partial charge in [-0.1, -0.05) is 138 Å². The molecule has 0 aliphatic heterocycles. The van der Waals surface area contributed by atoms with Crippen LogP contribution >= 0.6 is 11.3 Å². The van der Waals surface area contributed by atoms with Crippen LogP contribution in [-0.4, -0.2) is 9.55 Å². The average Bonchev–Trinajstić information content (AvgIpc) is 3.89. The smallest absolute Gasteiger partial charge is 0.195 e. The summed E-state index contributed by atoms with van der Waals surface area (Å²) in [5.74, 6) is 1.17. The summed E-state index contributed by atoms with van der Waals surface area (Å²) < 4.78 is 95.3. The maximum Gasteiger partial charge on any atom is 0.195 e. The number of nitrogens with one attached hydrogen (secondary N) is 2. The molecule has 2 heterocycles. The summed E-state index contributed by atoms with van der Waals surface area (Å²) in [4.78, 5) is 4.98. The Kier molecular flexibility index (Phi) is 5.99. The van der Waals surface area contributed by atoms with Crippen molar-refractivity contribution in [2.45, 2.75) is 0 Å². The molecule has 10 aromatic rings. The molecule has 0 spiro atoms. The van der Waals surface area contributed by atoms with E-state index in [9.17, 15) is 0 Å². The van der Waals surface area contributed by atoms with E-state index in [1.165, 1.54) is 0 Å². The number of nitrogens with zero attached hydrogens (tertiary/aromatic N) is 2. The van der Waals surface area contributed by atoms with Crippen LogP contribution in [0.5, 0.6) is 11.5 Å². The van der Waals surface area contributed by atoms with Gasteiger partial charge in [0.1, 0.15) is 11.5 Å². The molecule has 0 unspecified atom stereocenters. The van der Waals surface area contributed by atoms with E-state index in [0.717, 1.165) is 37.2 Å². The van der Waals surface area contributed by atoms with E-state index >= 15 is 0 Å². The third-order valence-corrected chi connectivity index (χ3v) is 10.3. The summed E-state index contributed by atoms with van der Waals surface area (Å²) >= 11 is 1.62. The molecule has 0 bridgehead atoms. The van der Waals surface area contributed by atoms with Gasteiger partial charge in [-0.25, -0.2) is 4.98 Å². The summed E-state index contributed by atoms with van der Waals surface area (Å²) in [6.07, 6.45) is 0. The lowest BCUT2D eigenvalue weighted by Crippen LogP contribution is -2.00. The maximum absolute atomic E-state index is 8.85. The number of benzene rings is 8. The van der Waals surface area contributed by atoms with Crippen LogP contribution in [0.3, 0.4) is 0 Å². The normalized spacial score (nSPS) is 13.8. The van der Waals surface area contributed by atoms with E-state index in [2.05, 4.69) is 39.5 Å². The zero-order valence-corrected chi connectivity index (χ0v) is 29.7. The van der Waals surface area contributed by atoms with Crippen molar-refractivity contribution >= 4 is 66.1 Å². The van der Waals surface area contributed by atoms with E-state index < -0.39 is 60.4 Å². The minimum absolute atomic E-state index is 0.123. The standard InChI is InChI=1S/C49H34N4OS/c1-3-15-33(16-4-1)38-22-14-23-39(34-17-5-2-6-18-34)48(38)51-43-25-9-8-24-42(43)50-35-19-13-20-36(31-35)54-37-29-30-41-40-21-7-11-27-45(40)53(46(41)32-37)49-52-44-26-10-12-28-47(44)55-49/h1-32,50-51H/i1D,2D,3D,4D,5D,6D,15D,16D,17D,18D. The summed E-state index contributed by atoms with van der Waals surface area (Å²) in [5.41, 5.74) is 4.85. The lowest BCUT2D eigenvalue weighted by atomic mass is 9.95.